The van der Waals surface area contributed by atoms with Crippen molar-refractivity contribution >= 4 is 21.8 Å². The average Bonchev–Trinajstić information content (AvgIpc) is 2.98. The van der Waals surface area contributed by atoms with Gasteiger partial charge >= 0.3 is 0 Å². The number of nitro benzene ring substituents is 1. The molecule has 4 rings (SSSR count). The second-order valence-corrected chi connectivity index (χ2v) is 11.3. The number of nitrogens with one attached hydrogen (secondary N) is 1. The third-order valence-electron chi connectivity index (χ3n) is 6.67. The van der Waals surface area contributed by atoms with Gasteiger partial charge in [0.15, 0.2) is 4.90 Å². The molecule has 0 spiro atoms. The molecule has 8 heteroatoms. The maximum absolute atomic E-state index is 13.8. The maximum atomic E-state index is 13.8. The van der Waals surface area contributed by atoms with E-state index in [9.17, 15) is 18.5 Å². The van der Waals surface area contributed by atoms with Crippen molar-refractivity contribution in [1.82, 2.24) is 9.62 Å². The monoisotopic (exact) mass is 567 g/mol. The number of nitrogens with zero attached hydrogens (tertiary/aromatic N) is 2. The van der Waals surface area contributed by atoms with Crippen LogP contribution >= 0.6 is 0 Å². The van der Waals surface area contributed by atoms with Crippen LogP contribution in [-0.2, 0) is 23.0 Å². The Morgan fingerprint density at radius 3 is 2.00 bits per heavy atom. The summed E-state index contributed by atoms with van der Waals surface area (Å²) in [5.41, 5.74) is 2.49. The van der Waals surface area contributed by atoms with Gasteiger partial charge in [-0.3, -0.25) is 15.0 Å². The second kappa shape index (κ2) is 14.3. The lowest BCUT2D eigenvalue weighted by Gasteiger charge is -2.35. The third kappa shape index (κ3) is 8.31. The Bertz CT molecular complexity index is 1560. The number of rotatable bonds is 14. The Morgan fingerprint density at radius 1 is 0.829 bits per heavy atom. The normalized spacial score (nSPS) is 13.2. The van der Waals surface area contributed by atoms with E-state index in [2.05, 4.69) is 16.2 Å². The lowest BCUT2D eigenvalue weighted by Crippen LogP contribution is -2.51. The zero-order valence-electron chi connectivity index (χ0n) is 22.6. The van der Waals surface area contributed by atoms with E-state index in [4.69, 9.17) is 0 Å². The number of sulfonamides is 1. The van der Waals surface area contributed by atoms with Gasteiger partial charge in [0.05, 0.1) is 4.92 Å². The van der Waals surface area contributed by atoms with Crippen LogP contribution in [0.25, 0.3) is 6.08 Å². The van der Waals surface area contributed by atoms with Gasteiger partial charge in [0.25, 0.3) is 5.69 Å². The van der Waals surface area contributed by atoms with Gasteiger partial charge in [-0.1, -0.05) is 121 Å². The molecule has 0 saturated heterocycles. The fourth-order valence-electron chi connectivity index (χ4n) is 4.76. The first-order chi connectivity index (χ1) is 19.9. The van der Waals surface area contributed by atoms with Crippen LogP contribution in [0.3, 0.4) is 0 Å². The molecule has 1 N–H and O–H groups in total. The minimum atomic E-state index is -4.28. The van der Waals surface area contributed by atoms with Gasteiger partial charge in [-0.2, -0.15) is 0 Å². The van der Waals surface area contributed by atoms with Gasteiger partial charge in [-0.05, 0) is 29.2 Å². The molecule has 0 amide bonds. The Hall–Kier alpha value is -4.37. The number of hydrogen-bond donors (Lipinski definition) is 1. The SMILES string of the molecule is C=CCN(Cc1ccccc1)[C@H](/C=C/c1ccccc1)[C@H](Cc1ccccc1)NS(=O)(=O)c1ccccc1[N+](=O)[O-]. The highest BCUT2D eigenvalue weighted by Crippen LogP contribution is 2.25. The Kier molecular flexibility index (Phi) is 10.3. The quantitative estimate of drug-likeness (QED) is 0.110. The summed E-state index contributed by atoms with van der Waals surface area (Å²) in [6.45, 7) is 4.98. The molecule has 4 aromatic carbocycles. The lowest BCUT2D eigenvalue weighted by atomic mass is 9.97. The summed E-state index contributed by atoms with van der Waals surface area (Å²) in [5, 5.41) is 11.7. The van der Waals surface area contributed by atoms with E-state index in [-0.39, 0.29) is 4.90 Å². The molecule has 0 radical (unpaired) electrons. The summed E-state index contributed by atoms with van der Waals surface area (Å²) >= 11 is 0. The second-order valence-electron chi connectivity index (χ2n) is 9.61. The molecular weight excluding hydrogens is 534 g/mol. The highest BCUT2D eigenvalue weighted by Gasteiger charge is 2.33. The number of nitro groups is 1. The van der Waals surface area contributed by atoms with E-state index >= 15 is 0 Å². The molecule has 7 nitrogen and oxygen atoms in total. The van der Waals surface area contributed by atoms with Gasteiger partial charge in [0.2, 0.25) is 10.0 Å². The summed E-state index contributed by atoms with van der Waals surface area (Å²) in [6.07, 6.45) is 6.12. The zero-order valence-corrected chi connectivity index (χ0v) is 23.4. The molecule has 0 fully saturated rings. The molecule has 0 aliphatic rings. The van der Waals surface area contributed by atoms with Crippen molar-refractivity contribution < 1.29 is 13.3 Å². The predicted octanol–water partition coefficient (Wildman–Crippen LogP) is 6.25. The van der Waals surface area contributed by atoms with Crippen LogP contribution in [0.5, 0.6) is 0 Å². The molecule has 0 heterocycles. The predicted molar refractivity (Wildman–Crippen MR) is 164 cm³/mol. The largest absolute Gasteiger partial charge is 0.289 e. The van der Waals surface area contributed by atoms with Gasteiger partial charge in [0, 0.05) is 31.2 Å². The molecule has 0 bridgehead atoms. The molecule has 0 aromatic heterocycles. The molecule has 0 aliphatic carbocycles. The van der Waals surface area contributed by atoms with Gasteiger partial charge in [0.1, 0.15) is 0 Å². The Labute approximate surface area is 241 Å². The highest BCUT2D eigenvalue weighted by molar-refractivity contribution is 7.89. The van der Waals surface area contributed by atoms with Crippen LogP contribution in [0, 0.1) is 10.1 Å². The first kappa shape index (κ1) is 29.6. The van der Waals surface area contributed by atoms with E-state index in [0.29, 0.717) is 19.5 Å². The van der Waals surface area contributed by atoms with Crippen LogP contribution in [0.4, 0.5) is 5.69 Å². The first-order valence-corrected chi connectivity index (χ1v) is 14.8. The molecule has 41 heavy (non-hydrogen) atoms. The number of hydrogen-bond acceptors (Lipinski definition) is 5. The molecule has 0 saturated carbocycles. The summed E-state index contributed by atoms with van der Waals surface area (Å²) in [7, 11) is -4.28. The summed E-state index contributed by atoms with van der Waals surface area (Å²) in [5.74, 6) is 0. The molecular formula is C33H33N3O4S. The van der Waals surface area contributed by atoms with Crippen molar-refractivity contribution in [3.05, 3.63) is 161 Å². The van der Waals surface area contributed by atoms with Crippen molar-refractivity contribution in [3.8, 4) is 0 Å². The molecule has 0 unspecified atom stereocenters. The number of para-hydroxylation sites is 1. The van der Waals surface area contributed by atoms with Crippen molar-refractivity contribution in [2.75, 3.05) is 6.54 Å². The summed E-state index contributed by atoms with van der Waals surface area (Å²) in [6, 6.07) is 33.6. The minimum absolute atomic E-state index is 0.354. The minimum Gasteiger partial charge on any atom is -0.287 e. The zero-order chi connectivity index (χ0) is 29.1. The molecule has 4 aromatic rings. The van der Waals surface area contributed by atoms with Gasteiger partial charge < -0.3 is 0 Å². The Balaban J connectivity index is 1.81. The fourth-order valence-corrected chi connectivity index (χ4v) is 6.18. The Morgan fingerprint density at radius 2 is 1.39 bits per heavy atom. The van der Waals surface area contributed by atoms with E-state index in [1.54, 1.807) is 6.08 Å². The van der Waals surface area contributed by atoms with E-state index in [1.165, 1.54) is 24.3 Å². The standard InChI is InChI=1S/C33H33N3O4S/c1-2-24-35(26-29-18-10-5-11-19-29)31(23-22-27-14-6-3-7-15-27)30(25-28-16-8-4-9-17-28)34-41(39,40)33-21-13-12-20-32(33)36(37)38/h2-23,30-31,34H,1,24-26H2/b23-22+/t30-,31+/m0/s1. The third-order valence-corrected chi connectivity index (χ3v) is 8.21. The molecule has 210 valence electrons. The van der Waals surface area contributed by atoms with Crippen molar-refractivity contribution in [3.63, 3.8) is 0 Å². The maximum Gasteiger partial charge on any atom is 0.289 e. The van der Waals surface area contributed by atoms with Crippen molar-refractivity contribution in [2.45, 2.75) is 29.9 Å². The van der Waals surface area contributed by atoms with Crippen LogP contribution < -0.4 is 4.72 Å². The fraction of sp³-hybridized carbons (Fsp3) is 0.152. The smallest absolute Gasteiger partial charge is 0.287 e. The molecule has 2 atom stereocenters. The van der Waals surface area contributed by atoms with E-state index in [1.807, 2.05) is 103 Å². The topological polar surface area (TPSA) is 92.6 Å². The van der Waals surface area contributed by atoms with Crippen LogP contribution in [-0.4, -0.2) is 36.9 Å². The average molecular weight is 568 g/mol. The van der Waals surface area contributed by atoms with Gasteiger partial charge in [-0.25, -0.2) is 13.1 Å². The molecule has 0 aliphatic heterocycles. The van der Waals surface area contributed by atoms with Crippen LogP contribution in [0.2, 0.25) is 0 Å². The highest BCUT2D eigenvalue weighted by atomic mass is 32.2. The van der Waals surface area contributed by atoms with Crippen molar-refractivity contribution in [1.29, 1.82) is 0 Å². The first-order valence-electron chi connectivity index (χ1n) is 13.3. The van der Waals surface area contributed by atoms with Crippen molar-refractivity contribution in [2.24, 2.45) is 0 Å². The number of benzene rings is 4. The van der Waals surface area contributed by atoms with Crippen LogP contribution in [0.15, 0.2) is 139 Å². The summed E-state index contributed by atoms with van der Waals surface area (Å²) < 4.78 is 30.4. The lowest BCUT2D eigenvalue weighted by molar-refractivity contribution is -0.387. The van der Waals surface area contributed by atoms with E-state index < -0.39 is 32.7 Å². The van der Waals surface area contributed by atoms with Crippen LogP contribution in [0.1, 0.15) is 16.7 Å². The summed E-state index contributed by atoms with van der Waals surface area (Å²) in [4.78, 5) is 12.8. The van der Waals surface area contributed by atoms with Gasteiger partial charge in [-0.15, -0.1) is 6.58 Å². The van der Waals surface area contributed by atoms with E-state index in [0.717, 1.165) is 16.7 Å².